The summed E-state index contributed by atoms with van der Waals surface area (Å²) in [6, 6.07) is 8.73. The van der Waals surface area contributed by atoms with E-state index in [2.05, 4.69) is 5.32 Å². The van der Waals surface area contributed by atoms with Crippen molar-refractivity contribution in [3.05, 3.63) is 35.9 Å². The van der Waals surface area contributed by atoms with Crippen molar-refractivity contribution in [1.29, 1.82) is 0 Å². The van der Waals surface area contributed by atoms with Gasteiger partial charge in [-0.15, -0.1) is 0 Å². The standard InChI is InChI=1S/C20H30N2O4/c1-13(19(26-4)17-11-8-12-22(17)15(3)23)20(25)21-14(2)18(24)16-9-6-5-7-10-16/h5-7,9-10,13-14,17-19,24H,8,11-12H2,1-4H3,(H,21,25). The number of rotatable bonds is 7. The molecule has 1 aromatic carbocycles. The predicted octanol–water partition coefficient (Wildman–Crippen LogP) is 1.89. The van der Waals surface area contributed by atoms with Crippen LogP contribution in [0.1, 0.15) is 45.3 Å². The Morgan fingerprint density at radius 3 is 2.50 bits per heavy atom. The first-order chi connectivity index (χ1) is 12.4. The summed E-state index contributed by atoms with van der Waals surface area (Å²) in [7, 11) is 1.58. The molecule has 5 atom stereocenters. The molecule has 0 aliphatic carbocycles. The van der Waals surface area contributed by atoms with Crippen molar-refractivity contribution in [3.8, 4) is 0 Å². The van der Waals surface area contributed by atoms with E-state index in [1.165, 1.54) is 0 Å². The summed E-state index contributed by atoms with van der Waals surface area (Å²) < 4.78 is 5.61. The normalized spacial score (nSPS) is 21.7. The second-order valence-corrected chi connectivity index (χ2v) is 7.06. The zero-order chi connectivity index (χ0) is 19.3. The Bertz CT molecular complexity index is 607. The molecule has 0 aromatic heterocycles. The molecule has 1 aromatic rings. The number of aliphatic hydroxyl groups excluding tert-OH is 1. The van der Waals surface area contributed by atoms with Crippen LogP contribution in [0, 0.1) is 5.92 Å². The summed E-state index contributed by atoms with van der Waals surface area (Å²) in [6.45, 7) is 5.84. The van der Waals surface area contributed by atoms with Gasteiger partial charge in [-0.2, -0.15) is 0 Å². The van der Waals surface area contributed by atoms with Crippen molar-refractivity contribution in [1.82, 2.24) is 10.2 Å². The molecule has 6 nitrogen and oxygen atoms in total. The monoisotopic (exact) mass is 362 g/mol. The van der Waals surface area contributed by atoms with Crippen molar-refractivity contribution < 1.29 is 19.4 Å². The molecule has 0 radical (unpaired) electrons. The Morgan fingerprint density at radius 1 is 1.27 bits per heavy atom. The quantitative estimate of drug-likeness (QED) is 0.776. The van der Waals surface area contributed by atoms with Crippen molar-refractivity contribution in [2.75, 3.05) is 13.7 Å². The third-order valence-corrected chi connectivity index (χ3v) is 5.25. The van der Waals surface area contributed by atoms with E-state index in [4.69, 9.17) is 4.74 Å². The lowest BCUT2D eigenvalue weighted by Crippen LogP contribution is -2.50. The number of carbonyl (C=O) groups excluding carboxylic acids is 2. The SMILES string of the molecule is COC(C(C)C(=O)NC(C)C(O)c1ccccc1)C1CCCN1C(C)=O. The number of ether oxygens (including phenoxy) is 1. The van der Waals surface area contributed by atoms with Crippen LogP contribution in [0.2, 0.25) is 0 Å². The van der Waals surface area contributed by atoms with E-state index in [0.29, 0.717) is 6.54 Å². The lowest BCUT2D eigenvalue weighted by Gasteiger charge is -2.34. The van der Waals surface area contributed by atoms with Crippen molar-refractivity contribution in [2.24, 2.45) is 5.92 Å². The van der Waals surface area contributed by atoms with E-state index in [0.717, 1.165) is 18.4 Å². The fourth-order valence-electron chi connectivity index (χ4n) is 3.74. The molecular weight excluding hydrogens is 332 g/mol. The Hall–Kier alpha value is -1.92. The summed E-state index contributed by atoms with van der Waals surface area (Å²) in [5, 5.41) is 13.3. The number of hydrogen-bond donors (Lipinski definition) is 2. The fraction of sp³-hybridized carbons (Fsp3) is 0.600. The van der Waals surface area contributed by atoms with Crippen LogP contribution in [-0.4, -0.2) is 53.7 Å². The van der Waals surface area contributed by atoms with Crippen LogP contribution in [0.25, 0.3) is 0 Å². The van der Waals surface area contributed by atoms with Gasteiger partial charge in [0.25, 0.3) is 0 Å². The van der Waals surface area contributed by atoms with Gasteiger partial charge in [0, 0.05) is 20.6 Å². The number of nitrogens with one attached hydrogen (secondary N) is 1. The third kappa shape index (κ3) is 4.62. The molecule has 6 heteroatoms. The largest absolute Gasteiger partial charge is 0.386 e. The van der Waals surface area contributed by atoms with E-state index in [-0.39, 0.29) is 24.0 Å². The molecule has 1 aliphatic heterocycles. The van der Waals surface area contributed by atoms with Crippen molar-refractivity contribution >= 4 is 11.8 Å². The van der Waals surface area contributed by atoms with Gasteiger partial charge in [-0.25, -0.2) is 0 Å². The Kier molecular flexibility index (Phi) is 7.17. The van der Waals surface area contributed by atoms with E-state index >= 15 is 0 Å². The lowest BCUT2D eigenvalue weighted by atomic mass is 9.94. The number of methoxy groups -OCH3 is 1. The minimum atomic E-state index is -0.784. The molecular formula is C20H30N2O4. The Balaban J connectivity index is 2.01. The molecule has 2 rings (SSSR count). The Morgan fingerprint density at radius 2 is 1.92 bits per heavy atom. The highest BCUT2D eigenvalue weighted by molar-refractivity contribution is 5.80. The van der Waals surface area contributed by atoms with Crippen LogP contribution in [0.15, 0.2) is 30.3 Å². The van der Waals surface area contributed by atoms with E-state index in [1.54, 1.807) is 25.9 Å². The minimum Gasteiger partial charge on any atom is -0.386 e. The summed E-state index contributed by atoms with van der Waals surface area (Å²) in [5.74, 6) is -0.611. The van der Waals surface area contributed by atoms with Crippen LogP contribution in [0.4, 0.5) is 0 Å². The van der Waals surface area contributed by atoms with Crippen LogP contribution < -0.4 is 5.32 Å². The molecule has 26 heavy (non-hydrogen) atoms. The summed E-state index contributed by atoms with van der Waals surface area (Å²) >= 11 is 0. The second-order valence-electron chi connectivity index (χ2n) is 7.06. The molecule has 0 bridgehead atoms. The molecule has 5 unspecified atom stereocenters. The number of benzene rings is 1. The average molecular weight is 362 g/mol. The molecule has 1 heterocycles. The zero-order valence-electron chi connectivity index (χ0n) is 16.0. The fourth-order valence-corrected chi connectivity index (χ4v) is 3.74. The van der Waals surface area contributed by atoms with E-state index in [1.807, 2.05) is 37.3 Å². The maximum Gasteiger partial charge on any atom is 0.225 e. The molecule has 1 aliphatic rings. The first-order valence-electron chi connectivity index (χ1n) is 9.20. The number of hydrogen-bond acceptors (Lipinski definition) is 4. The number of aliphatic hydroxyl groups is 1. The number of likely N-dealkylation sites (tertiary alicyclic amines) is 1. The average Bonchev–Trinajstić information content (AvgIpc) is 3.12. The van der Waals surface area contributed by atoms with Gasteiger partial charge >= 0.3 is 0 Å². The van der Waals surface area contributed by atoms with E-state index < -0.39 is 18.1 Å². The third-order valence-electron chi connectivity index (χ3n) is 5.25. The van der Waals surface area contributed by atoms with Crippen molar-refractivity contribution in [2.45, 2.75) is 57.9 Å². The maximum absolute atomic E-state index is 12.7. The van der Waals surface area contributed by atoms with Crippen LogP contribution in [0.3, 0.4) is 0 Å². The van der Waals surface area contributed by atoms with Crippen LogP contribution in [-0.2, 0) is 14.3 Å². The van der Waals surface area contributed by atoms with E-state index in [9.17, 15) is 14.7 Å². The summed E-state index contributed by atoms with van der Waals surface area (Å²) in [4.78, 5) is 26.3. The number of nitrogens with zero attached hydrogens (tertiary/aromatic N) is 1. The molecule has 0 saturated carbocycles. The zero-order valence-corrected chi connectivity index (χ0v) is 16.0. The van der Waals surface area contributed by atoms with Crippen LogP contribution >= 0.6 is 0 Å². The first kappa shape index (κ1) is 20.4. The van der Waals surface area contributed by atoms with Gasteiger partial charge in [0.1, 0.15) is 0 Å². The summed E-state index contributed by atoms with van der Waals surface area (Å²) in [5.41, 5.74) is 0.759. The maximum atomic E-state index is 12.7. The highest BCUT2D eigenvalue weighted by atomic mass is 16.5. The van der Waals surface area contributed by atoms with Gasteiger partial charge < -0.3 is 20.1 Å². The van der Waals surface area contributed by atoms with Gasteiger partial charge in [0.05, 0.1) is 30.2 Å². The smallest absolute Gasteiger partial charge is 0.225 e. The minimum absolute atomic E-state index is 0.00928. The highest BCUT2D eigenvalue weighted by Crippen LogP contribution is 2.26. The van der Waals surface area contributed by atoms with Gasteiger partial charge in [0.2, 0.25) is 11.8 Å². The number of carbonyl (C=O) groups is 2. The molecule has 0 spiro atoms. The molecule has 2 N–H and O–H groups in total. The first-order valence-corrected chi connectivity index (χ1v) is 9.20. The van der Waals surface area contributed by atoms with Crippen LogP contribution in [0.5, 0.6) is 0 Å². The van der Waals surface area contributed by atoms with Gasteiger partial charge in [-0.3, -0.25) is 9.59 Å². The highest BCUT2D eigenvalue weighted by Gasteiger charge is 2.39. The molecule has 2 amide bonds. The number of amides is 2. The summed E-state index contributed by atoms with van der Waals surface area (Å²) in [6.07, 6.45) is 0.593. The van der Waals surface area contributed by atoms with Gasteiger partial charge in [-0.1, -0.05) is 37.3 Å². The molecule has 1 fully saturated rings. The second kappa shape index (κ2) is 9.14. The van der Waals surface area contributed by atoms with Crippen molar-refractivity contribution in [3.63, 3.8) is 0 Å². The topological polar surface area (TPSA) is 78.9 Å². The molecule has 1 saturated heterocycles. The molecule has 144 valence electrons. The van der Waals surface area contributed by atoms with Gasteiger partial charge in [0.15, 0.2) is 0 Å². The Labute approximate surface area is 155 Å². The lowest BCUT2D eigenvalue weighted by molar-refractivity contribution is -0.139. The predicted molar refractivity (Wildman–Crippen MR) is 99.4 cm³/mol. The van der Waals surface area contributed by atoms with Gasteiger partial charge in [-0.05, 0) is 25.3 Å².